The molecule has 1 amide bonds. The summed E-state index contributed by atoms with van der Waals surface area (Å²) in [5.74, 6) is -0.0889. The molecule has 2 aromatic carbocycles. The molecule has 1 atom stereocenters. The Kier molecular flexibility index (Phi) is 3.60. The monoisotopic (exact) mass is 300 g/mol. The Morgan fingerprint density at radius 1 is 1.29 bits per heavy atom. The summed E-state index contributed by atoms with van der Waals surface area (Å²) in [7, 11) is 1.83. The number of carbonyl (C=O) groups excluding carboxylic acids is 1. The van der Waals surface area contributed by atoms with E-state index in [1.807, 2.05) is 19.2 Å². The first kappa shape index (κ1) is 14.0. The number of nitrogens with two attached hydrogens (primary N) is 1. The number of carbonyl (C=O) groups is 1. The predicted octanol–water partition coefficient (Wildman–Crippen LogP) is 3.68. The van der Waals surface area contributed by atoms with Crippen molar-refractivity contribution in [3.63, 3.8) is 0 Å². The molecule has 0 bridgehead atoms. The van der Waals surface area contributed by atoms with Gasteiger partial charge in [0.25, 0.3) is 5.91 Å². The van der Waals surface area contributed by atoms with Gasteiger partial charge in [0.15, 0.2) is 0 Å². The van der Waals surface area contributed by atoms with Gasteiger partial charge in [-0.25, -0.2) is 0 Å². The molecule has 1 aliphatic carbocycles. The van der Waals surface area contributed by atoms with Gasteiger partial charge >= 0.3 is 0 Å². The lowest BCUT2D eigenvalue weighted by Crippen LogP contribution is -2.30. The maximum Gasteiger partial charge on any atom is 0.255 e. The second-order valence-electron chi connectivity index (χ2n) is 5.41. The smallest absolute Gasteiger partial charge is 0.255 e. The Hall–Kier alpha value is -2.00. The number of aryl methyl sites for hydroxylation is 1. The molecule has 2 aromatic rings. The fraction of sp³-hybridized carbons (Fsp3) is 0.235. The van der Waals surface area contributed by atoms with Gasteiger partial charge in [-0.1, -0.05) is 35.9 Å². The average Bonchev–Trinajstić information content (AvgIpc) is 2.92. The van der Waals surface area contributed by atoms with Crippen molar-refractivity contribution in [2.45, 2.75) is 18.9 Å². The quantitative estimate of drug-likeness (QED) is 0.860. The van der Waals surface area contributed by atoms with Gasteiger partial charge in [0.05, 0.1) is 16.6 Å². The SMILES string of the molecule is CN(C(=O)c1cc(N)ccc1Cl)C1CCc2ccccc21. The van der Waals surface area contributed by atoms with Gasteiger partial charge in [-0.15, -0.1) is 0 Å². The third-order valence-corrected chi connectivity index (χ3v) is 4.44. The molecule has 0 saturated heterocycles. The minimum Gasteiger partial charge on any atom is -0.399 e. The van der Waals surface area contributed by atoms with Crippen molar-refractivity contribution in [2.24, 2.45) is 0 Å². The highest BCUT2D eigenvalue weighted by molar-refractivity contribution is 6.34. The third-order valence-electron chi connectivity index (χ3n) is 4.11. The first-order valence-corrected chi connectivity index (χ1v) is 7.35. The standard InChI is InChI=1S/C17H17ClN2O/c1-20(16-9-6-11-4-2-3-5-13(11)16)17(21)14-10-12(19)7-8-15(14)18/h2-5,7-8,10,16H,6,9,19H2,1H3. The Morgan fingerprint density at radius 2 is 2.05 bits per heavy atom. The summed E-state index contributed by atoms with van der Waals surface area (Å²) in [5, 5.41) is 0.437. The summed E-state index contributed by atoms with van der Waals surface area (Å²) in [4.78, 5) is 14.5. The molecule has 1 unspecified atom stereocenters. The zero-order valence-corrected chi connectivity index (χ0v) is 12.6. The van der Waals surface area contributed by atoms with E-state index in [4.69, 9.17) is 17.3 Å². The molecule has 0 spiro atoms. The van der Waals surface area contributed by atoms with Crippen LogP contribution in [0.2, 0.25) is 5.02 Å². The molecule has 108 valence electrons. The summed E-state index contributed by atoms with van der Waals surface area (Å²) >= 11 is 6.14. The molecule has 0 fully saturated rings. The van der Waals surface area contributed by atoms with Crippen LogP contribution in [0.5, 0.6) is 0 Å². The Labute approximate surface area is 129 Å². The number of halogens is 1. The van der Waals surface area contributed by atoms with Gasteiger partial charge in [0.1, 0.15) is 0 Å². The number of hydrogen-bond acceptors (Lipinski definition) is 2. The lowest BCUT2D eigenvalue weighted by atomic mass is 10.1. The zero-order chi connectivity index (χ0) is 15.0. The van der Waals surface area contributed by atoms with E-state index in [1.54, 1.807) is 23.1 Å². The van der Waals surface area contributed by atoms with E-state index >= 15 is 0 Å². The molecule has 0 saturated carbocycles. The van der Waals surface area contributed by atoms with Gasteiger partial charge in [-0.3, -0.25) is 4.79 Å². The lowest BCUT2D eigenvalue weighted by molar-refractivity contribution is 0.0731. The van der Waals surface area contributed by atoms with E-state index in [0.717, 1.165) is 12.8 Å². The highest BCUT2D eigenvalue weighted by atomic mass is 35.5. The van der Waals surface area contributed by atoms with Crippen LogP contribution in [-0.2, 0) is 6.42 Å². The van der Waals surface area contributed by atoms with Crippen molar-refractivity contribution in [1.82, 2.24) is 4.90 Å². The van der Waals surface area contributed by atoms with Gasteiger partial charge < -0.3 is 10.6 Å². The largest absolute Gasteiger partial charge is 0.399 e. The summed E-state index contributed by atoms with van der Waals surface area (Å²) in [6, 6.07) is 13.4. The summed E-state index contributed by atoms with van der Waals surface area (Å²) in [6.45, 7) is 0. The molecule has 3 rings (SSSR count). The molecular formula is C17H17ClN2O. The maximum absolute atomic E-state index is 12.7. The molecule has 4 heteroatoms. The van der Waals surface area contributed by atoms with Crippen LogP contribution in [0.15, 0.2) is 42.5 Å². The Balaban J connectivity index is 1.91. The highest BCUT2D eigenvalue weighted by Crippen LogP contribution is 2.36. The number of benzene rings is 2. The zero-order valence-electron chi connectivity index (χ0n) is 11.8. The molecular weight excluding hydrogens is 284 g/mol. The van der Waals surface area contributed by atoms with Gasteiger partial charge in [-0.2, -0.15) is 0 Å². The number of anilines is 1. The second-order valence-corrected chi connectivity index (χ2v) is 5.82. The Bertz CT molecular complexity index is 699. The molecule has 3 nitrogen and oxygen atoms in total. The fourth-order valence-corrected chi connectivity index (χ4v) is 3.17. The molecule has 21 heavy (non-hydrogen) atoms. The van der Waals surface area contributed by atoms with Crippen LogP contribution >= 0.6 is 11.6 Å². The number of nitrogens with zero attached hydrogens (tertiary/aromatic N) is 1. The normalized spacial score (nSPS) is 16.6. The lowest BCUT2D eigenvalue weighted by Gasteiger charge is -2.26. The van der Waals surface area contributed by atoms with Crippen LogP contribution in [0.4, 0.5) is 5.69 Å². The summed E-state index contributed by atoms with van der Waals surface area (Å²) in [5.41, 5.74) is 9.32. The minimum absolute atomic E-state index is 0.0889. The second kappa shape index (κ2) is 5.41. The van der Waals surface area contributed by atoms with Crippen molar-refractivity contribution < 1.29 is 4.79 Å². The topological polar surface area (TPSA) is 46.3 Å². The number of nitrogen functional groups attached to an aromatic ring is 1. The predicted molar refractivity (Wildman–Crippen MR) is 85.5 cm³/mol. The summed E-state index contributed by atoms with van der Waals surface area (Å²) in [6.07, 6.45) is 1.95. The molecule has 2 N–H and O–H groups in total. The van der Waals surface area contributed by atoms with Crippen LogP contribution < -0.4 is 5.73 Å². The molecule has 0 aliphatic heterocycles. The van der Waals surface area contributed by atoms with E-state index in [9.17, 15) is 4.79 Å². The Morgan fingerprint density at radius 3 is 2.86 bits per heavy atom. The number of fused-ring (bicyclic) bond motifs is 1. The number of hydrogen-bond donors (Lipinski definition) is 1. The highest BCUT2D eigenvalue weighted by Gasteiger charge is 2.29. The van der Waals surface area contributed by atoms with Crippen LogP contribution in [0.25, 0.3) is 0 Å². The van der Waals surface area contributed by atoms with Crippen molar-refractivity contribution in [2.75, 3.05) is 12.8 Å². The molecule has 0 heterocycles. The first-order chi connectivity index (χ1) is 10.1. The van der Waals surface area contributed by atoms with E-state index in [2.05, 4.69) is 12.1 Å². The number of rotatable bonds is 2. The van der Waals surface area contributed by atoms with E-state index in [-0.39, 0.29) is 11.9 Å². The van der Waals surface area contributed by atoms with Crippen molar-refractivity contribution in [3.05, 3.63) is 64.2 Å². The summed E-state index contributed by atoms with van der Waals surface area (Å²) < 4.78 is 0. The van der Waals surface area contributed by atoms with Crippen molar-refractivity contribution in [1.29, 1.82) is 0 Å². The van der Waals surface area contributed by atoms with Crippen LogP contribution in [0, 0.1) is 0 Å². The molecule has 0 aromatic heterocycles. The molecule has 1 aliphatic rings. The van der Waals surface area contributed by atoms with Crippen molar-refractivity contribution >= 4 is 23.2 Å². The van der Waals surface area contributed by atoms with E-state index < -0.39 is 0 Å². The third kappa shape index (κ3) is 2.49. The van der Waals surface area contributed by atoms with Crippen LogP contribution in [0.3, 0.4) is 0 Å². The number of amides is 1. The van der Waals surface area contributed by atoms with E-state index in [1.165, 1.54) is 11.1 Å². The average molecular weight is 301 g/mol. The molecule has 0 radical (unpaired) electrons. The fourth-order valence-electron chi connectivity index (χ4n) is 2.98. The van der Waals surface area contributed by atoms with Crippen LogP contribution in [-0.4, -0.2) is 17.9 Å². The van der Waals surface area contributed by atoms with Gasteiger partial charge in [-0.05, 0) is 42.2 Å². The van der Waals surface area contributed by atoms with Crippen LogP contribution in [0.1, 0.15) is 33.9 Å². The maximum atomic E-state index is 12.7. The van der Waals surface area contributed by atoms with Crippen molar-refractivity contribution in [3.8, 4) is 0 Å². The van der Waals surface area contributed by atoms with E-state index in [0.29, 0.717) is 16.3 Å². The van der Waals surface area contributed by atoms with Gasteiger partial charge in [0, 0.05) is 12.7 Å². The van der Waals surface area contributed by atoms with Gasteiger partial charge in [0.2, 0.25) is 0 Å². The minimum atomic E-state index is -0.0889. The first-order valence-electron chi connectivity index (χ1n) is 6.98.